The van der Waals surface area contributed by atoms with Crippen LogP contribution in [0.2, 0.25) is 5.02 Å². The van der Waals surface area contributed by atoms with E-state index in [2.05, 4.69) is 32.9 Å². The average molecular weight is 363 g/mol. The second kappa shape index (κ2) is 5.84. The lowest BCUT2D eigenvalue weighted by Crippen LogP contribution is -2.10. The molecule has 0 amide bonds. The monoisotopic (exact) mass is 362 g/mol. The van der Waals surface area contributed by atoms with E-state index < -0.39 is 0 Å². The summed E-state index contributed by atoms with van der Waals surface area (Å²) in [5.41, 5.74) is 0.987. The Morgan fingerprint density at radius 3 is 3.06 bits per heavy atom. The van der Waals surface area contributed by atoms with Crippen LogP contribution >= 0.6 is 34.2 Å². The number of rotatable bonds is 4. The zero-order chi connectivity index (χ0) is 12.3. The molecule has 0 fully saturated rings. The van der Waals surface area contributed by atoms with Crippen LogP contribution in [-0.4, -0.2) is 18.6 Å². The van der Waals surface area contributed by atoms with Crippen molar-refractivity contribution in [2.75, 3.05) is 13.6 Å². The van der Waals surface area contributed by atoms with E-state index in [0.29, 0.717) is 5.02 Å². The highest BCUT2D eigenvalue weighted by atomic mass is 127. The summed E-state index contributed by atoms with van der Waals surface area (Å²) in [7, 11) is 1.91. The molecule has 0 saturated heterocycles. The van der Waals surface area contributed by atoms with Crippen molar-refractivity contribution < 1.29 is 4.42 Å². The van der Waals surface area contributed by atoms with Crippen LogP contribution in [0, 0.1) is 3.57 Å². The Bertz CT molecular complexity index is 513. The minimum absolute atomic E-state index is 0.702. The van der Waals surface area contributed by atoms with E-state index in [1.807, 2.05) is 25.2 Å². The van der Waals surface area contributed by atoms with E-state index >= 15 is 0 Å². The molecule has 5 heteroatoms. The van der Waals surface area contributed by atoms with Gasteiger partial charge in [0, 0.05) is 27.1 Å². The number of hydrogen-bond donors (Lipinski definition) is 1. The van der Waals surface area contributed by atoms with Crippen LogP contribution in [0.5, 0.6) is 0 Å². The molecule has 17 heavy (non-hydrogen) atoms. The summed E-state index contributed by atoms with van der Waals surface area (Å²) >= 11 is 8.24. The highest BCUT2D eigenvalue weighted by Crippen LogP contribution is 2.28. The fourth-order valence-corrected chi connectivity index (χ4v) is 2.24. The van der Waals surface area contributed by atoms with Gasteiger partial charge in [0.25, 0.3) is 0 Å². The lowest BCUT2D eigenvalue weighted by atomic mass is 10.2. The van der Waals surface area contributed by atoms with Gasteiger partial charge in [-0.25, -0.2) is 4.98 Å². The minimum Gasteiger partial charge on any atom is -0.441 e. The summed E-state index contributed by atoms with van der Waals surface area (Å²) in [6, 6.07) is 5.73. The Labute approximate surface area is 119 Å². The minimum atomic E-state index is 0.702. The molecule has 2 rings (SSSR count). The van der Waals surface area contributed by atoms with Gasteiger partial charge in [-0.15, -0.1) is 0 Å². The SMILES string of the molecule is CNCCc1ncc(-c2cc(Cl)ccc2I)o1. The molecular weight excluding hydrogens is 351 g/mol. The Kier molecular flexibility index (Phi) is 4.42. The Hall–Kier alpha value is -0.590. The largest absolute Gasteiger partial charge is 0.441 e. The Morgan fingerprint density at radius 2 is 2.29 bits per heavy atom. The molecule has 0 aliphatic heterocycles. The number of benzene rings is 1. The maximum atomic E-state index is 5.98. The quantitative estimate of drug-likeness (QED) is 0.848. The zero-order valence-electron chi connectivity index (χ0n) is 9.34. The fraction of sp³-hybridized carbons (Fsp3) is 0.250. The zero-order valence-corrected chi connectivity index (χ0v) is 12.2. The van der Waals surface area contributed by atoms with E-state index in [1.54, 1.807) is 6.20 Å². The normalized spacial score (nSPS) is 10.8. The summed E-state index contributed by atoms with van der Waals surface area (Å²) < 4.78 is 6.79. The van der Waals surface area contributed by atoms with Gasteiger partial charge in [-0.1, -0.05) is 11.6 Å². The molecule has 0 radical (unpaired) electrons. The first kappa shape index (κ1) is 12.9. The molecule has 0 spiro atoms. The van der Waals surface area contributed by atoms with Crippen molar-refractivity contribution in [3.8, 4) is 11.3 Å². The lowest BCUT2D eigenvalue weighted by molar-refractivity contribution is 0.500. The molecule has 2 aromatic rings. The number of nitrogens with zero attached hydrogens (tertiary/aromatic N) is 1. The molecule has 1 aromatic carbocycles. The topological polar surface area (TPSA) is 38.1 Å². The molecule has 0 aliphatic carbocycles. The van der Waals surface area contributed by atoms with E-state index in [-0.39, 0.29) is 0 Å². The van der Waals surface area contributed by atoms with E-state index in [1.165, 1.54) is 0 Å². The molecule has 1 N–H and O–H groups in total. The van der Waals surface area contributed by atoms with Gasteiger partial charge in [0.2, 0.25) is 0 Å². The summed E-state index contributed by atoms with van der Waals surface area (Å²) in [6.45, 7) is 0.854. The first-order valence-corrected chi connectivity index (χ1v) is 6.71. The molecule has 1 heterocycles. The van der Waals surface area contributed by atoms with Gasteiger partial charge in [-0.05, 0) is 47.8 Å². The smallest absolute Gasteiger partial charge is 0.196 e. The van der Waals surface area contributed by atoms with Crippen molar-refractivity contribution in [3.63, 3.8) is 0 Å². The number of oxazole rings is 1. The summed E-state index contributed by atoms with van der Waals surface area (Å²) in [5.74, 6) is 1.51. The molecule has 0 bridgehead atoms. The third-order valence-electron chi connectivity index (χ3n) is 2.34. The molecule has 90 valence electrons. The standard InChI is InChI=1S/C12H12ClIN2O/c1-15-5-4-12-16-7-11(17-12)9-6-8(13)2-3-10(9)14/h2-3,6-7,15H,4-5H2,1H3. The fourth-order valence-electron chi connectivity index (χ4n) is 1.47. The third-order valence-corrected chi connectivity index (χ3v) is 3.51. The van der Waals surface area contributed by atoms with Gasteiger partial charge in [0.15, 0.2) is 11.7 Å². The predicted octanol–water partition coefficient (Wildman–Crippen LogP) is 3.36. The molecule has 3 nitrogen and oxygen atoms in total. The molecule has 0 atom stereocenters. The van der Waals surface area contributed by atoms with Crippen molar-refractivity contribution in [2.24, 2.45) is 0 Å². The number of aromatic nitrogens is 1. The summed E-state index contributed by atoms with van der Waals surface area (Å²) in [5, 5.41) is 3.77. The number of likely N-dealkylation sites (N-methyl/N-ethyl adjacent to an activating group) is 1. The average Bonchev–Trinajstić information content (AvgIpc) is 2.78. The molecular formula is C12H12ClIN2O. The van der Waals surface area contributed by atoms with Crippen molar-refractivity contribution >= 4 is 34.2 Å². The molecule has 1 aromatic heterocycles. The van der Waals surface area contributed by atoms with Crippen LogP contribution in [0.3, 0.4) is 0 Å². The molecule has 0 unspecified atom stereocenters. The first-order chi connectivity index (χ1) is 8.20. The van der Waals surface area contributed by atoms with Crippen LogP contribution in [0.1, 0.15) is 5.89 Å². The highest BCUT2D eigenvalue weighted by Gasteiger charge is 2.09. The number of nitrogens with one attached hydrogen (secondary N) is 1. The third kappa shape index (κ3) is 3.20. The van der Waals surface area contributed by atoms with E-state index in [0.717, 1.165) is 33.8 Å². The van der Waals surface area contributed by atoms with Gasteiger partial charge >= 0.3 is 0 Å². The first-order valence-electron chi connectivity index (χ1n) is 5.25. The van der Waals surface area contributed by atoms with Crippen LogP contribution < -0.4 is 5.32 Å². The number of hydrogen-bond acceptors (Lipinski definition) is 3. The van der Waals surface area contributed by atoms with Crippen molar-refractivity contribution in [1.82, 2.24) is 10.3 Å². The van der Waals surface area contributed by atoms with Crippen molar-refractivity contribution in [1.29, 1.82) is 0 Å². The summed E-state index contributed by atoms with van der Waals surface area (Å²) in [6.07, 6.45) is 2.53. The van der Waals surface area contributed by atoms with Crippen molar-refractivity contribution in [2.45, 2.75) is 6.42 Å². The highest BCUT2D eigenvalue weighted by molar-refractivity contribution is 14.1. The van der Waals surface area contributed by atoms with Crippen LogP contribution in [-0.2, 0) is 6.42 Å². The van der Waals surface area contributed by atoms with Gasteiger partial charge in [0.1, 0.15) is 0 Å². The van der Waals surface area contributed by atoms with Gasteiger partial charge in [-0.3, -0.25) is 0 Å². The number of halogens is 2. The second-order valence-corrected chi connectivity index (χ2v) is 5.19. The van der Waals surface area contributed by atoms with Crippen LogP contribution in [0.15, 0.2) is 28.8 Å². The maximum absolute atomic E-state index is 5.98. The van der Waals surface area contributed by atoms with Crippen molar-refractivity contribution in [3.05, 3.63) is 38.9 Å². The van der Waals surface area contributed by atoms with E-state index in [9.17, 15) is 0 Å². The maximum Gasteiger partial charge on any atom is 0.196 e. The second-order valence-electron chi connectivity index (χ2n) is 3.60. The van der Waals surface area contributed by atoms with Gasteiger partial charge < -0.3 is 9.73 Å². The van der Waals surface area contributed by atoms with Gasteiger partial charge in [-0.2, -0.15) is 0 Å². The molecule has 0 saturated carbocycles. The predicted molar refractivity (Wildman–Crippen MR) is 77.3 cm³/mol. The van der Waals surface area contributed by atoms with E-state index in [4.69, 9.17) is 16.0 Å². The molecule has 0 aliphatic rings. The Balaban J connectivity index is 2.27. The summed E-state index contributed by atoms with van der Waals surface area (Å²) in [4.78, 5) is 4.25. The van der Waals surface area contributed by atoms with Crippen LogP contribution in [0.4, 0.5) is 0 Å². The lowest BCUT2D eigenvalue weighted by Gasteiger charge is -2.01. The van der Waals surface area contributed by atoms with Crippen LogP contribution in [0.25, 0.3) is 11.3 Å². The van der Waals surface area contributed by atoms with Gasteiger partial charge in [0.05, 0.1) is 6.20 Å². The Morgan fingerprint density at radius 1 is 1.47 bits per heavy atom.